The molecule has 16 heavy (non-hydrogen) atoms. The van der Waals surface area contributed by atoms with Crippen molar-refractivity contribution in [1.82, 2.24) is 5.32 Å². The van der Waals surface area contributed by atoms with E-state index >= 15 is 0 Å². The predicted octanol–water partition coefficient (Wildman–Crippen LogP) is 3.16. The third-order valence-electron chi connectivity index (χ3n) is 2.25. The van der Waals surface area contributed by atoms with Gasteiger partial charge in [-0.15, -0.1) is 0 Å². The lowest BCUT2D eigenvalue weighted by atomic mass is 10.1. The first-order valence-corrected chi connectivity index (χ1v) is 6.12. The molecule has 0 unspecified atom stereocenters. The molecule has 1 N–H and O–H groups in total. The van der Waals surface area contributed by atoms with Gasteiger partial charge in [-0.3, -0.25) is 4.79 Å². The third-order valence-corrected chi connectivity index (χ3v) is 2.75. The molecule has 1 rings (SSSR count). The zero-order valence-corrected chi connectivity index (χ0v) is 11.2. The summed E-state index contributed by atoms with van der Waals surface area (Å²) in [5.41, 5.74) is 2.50. The molecule has 0 fully saturated rings. The lowest BCUT2D eigenvalue weighted by molar-refractivity contribution is -0.118. The van der Waals surface area contributed by atoms with Gasteiger partial charge in [0, 0.05) is 17.9 Å². The minimum atomic E-state index is -0.00355. The van der Waals surface area contributed by atoms with Gasteiger partial charge in [-0.25, -0.2) is 0 Å². The lowest BCUT2D eigenvalue weighted by Gasteiger charge is -2.04. The lowest BCUT2D eigenvalue weighted by Crippen LogP contribution is -2.19. The number of carbonyl (C=O) groups is 1. The molecule has 0 saturated carbocycles. The standard InChI is InChI=1S/C13H16BrNO/c1-3-11-9-13(14)7-6-12(11)5-4-8-15-10(2)16/h4-7,9H,3,8H2,1-2H3,(H,15,16). The Hall–Kier alpha value is -1.09. The average Bonchev–Trinajstić information content (AvgIpc) is 2.25. The molecule has 0 aromatic heterocycles. The van der Waals surface area contributed by atoms with Crippen molar-refractivity contribution >= 4 is 27.9 Å². The largest absolute Gasteiger partial charge is 0.353 e. The highest BCUT2D eigenvalue weighted by atomic mass is 79.9. The average molecular weight is 282 g/mol. The molecule has 0 aliphatic heterocycles. The first kappa shape index (κ1) is 13.0. The van der Waals surface area contributed by atoms with Gasteiger partial charge < -0.3 is 5.32 Å². The topological polar surface area (TPSA) is 29.1 Å². The minimum Gasteiger partial charge on any atom is -0.353 e. The summed E-state index contributed by atoms with van der Waals surface area (Å²) in [5, 5.41) is 2.73. The number of benzene rings is 1. The molecule has 0 saturated heterocycles. The van der Waals surface area contributed by atoms with Crippen molar-refractivity contribution < 1.29 is 4.79 Å². The number of carbonyl (C=O) groups excluding carboxylic acids is 1. The van der Waals surface area contributed by atoms with E-state index < -0.39 is 0 Å². The molecule has 3 heteroatoms. The SMILES string of the molecule is CCc1cc(Br)ccc1C=CCNC(C)=O. The molecule has 1 aromatic carbocycles. The zero-order valence-electron chi connectivity index (χ0n) is 9.59. The van der Waals surface area contributed by atoms with Crippen molar-refractivity contribution in [3.05, 3.63) is 39.9 Å². The molecule has 0 radical (unpaired) electrons. The maximum Gasteiger partial charge on any atom is 0.217 e. The fourth-order valence-corrected chi connectivity index (χ4v) is 1.84. The van der Waals surface area contributed by atoms with E-state index in [0.717, 1.165) is 10.9 Å². The van der Waals surface area contributed by atoms with Crippen LogP contribution in [0.5, 0.6) is 0 Å². The molecule has 0 aliphatic rings. The van der Waals surface area contributed by atoms with E-state index in [1.807, 2.05) is 18.2 Å². The molecule has 1 amide bonds. The van der Waals surface area contributed by atoms with Crippen LogP contribution in [0.1, 0.15) is 25.0 Å². The molecule has 1 aromatic rings. The van der Waals surface area contributed by atoms with Crippen LogP contribution in [-0.4, -0.2) is 12.5 Å². The molecule has 0 spiro atoms. The second-order valence-corrected chi connectivity index (χ2v) is 4.45. The van der Waals surface area contributed by atoms with E-state index in [0.29, 0.717) is 6.54 Å². The smallest absolute Gasteiger partial charge is 0.217 e. The van der Waals surface area contributed by atoms with Crippen molar-refractivity contribution in [3.8, 4) is 0 Å². The maximum atomic E-state index is 10.7. The van der Waals surface area contributed by atoms with Gasteiger partial charge >= 0.3 is 0 Å². The number of nitrogens with one attached hydrogen (secondary N) is 1. The van der Waals surface area contributed by atoms with E-state index in [9.17, 15) is 4.79 Å². The predicted molar refractivity (Wildman–Crippen MR) is 71.2 cm³/mol. The molecular formula is C13H16BrNO. The van der Waals surface area contributed by atoms with E-state index in [4.69, 9.17) is 0 Å². The summed E-state index contributed by atoms with van der Waals surface area (Å²) in [6.07, 6.45) is 5.00. The molecule has 0 heterocycles. The Bertz CT molecular complexity index is 399. The van der Waals surface area contributed by atoms with E-state index in [2.05, 4.69) is 40.3 Å². The van der Waals surface area contributed by atoms with Crippen molar-refractivity contribution in [2.24, 2.45) is 0 Å². The van der Waals surface area contributed by atoms with E-state index in [-0.39, 0.29) is 5.91 Å². The molecule has 0 aliphatic carbocycles. The van der Waals surface area contributed by atoms with Gasteiger partial charge in [-0.1, -0.05) is 41.1 Å². The monoisotopic (exact) mass is 281 g/mol. The van der Waals surface area contributed by atoms with Crippen LogP contribution < -0.4 is 5.32 Å². The Kier molecular flexibility index (Phi) is 5.26. The van der Waals surface area contributed by atoms with Gasteiger partial charge in [0.05, 0.1) is 0 Å². The van der Waals surface area contributed by atoms with E-state index in [1.54, 1.807) is 0 Å². The maximum absolute atomic E-state index is 10.7. The number of rotatable bonds is 4. The minimum absolute atomic E-state index is 0.00355. The van der Waals surface area contributed by atoms with Crippen LogP contribution in [0.3, 0.4) is 0 Å². The van der Waals surface area contributed by atoms with Crippen LogP contribution in [0.2, 0.25) is 0 Å². The van der Waals surface area contributed by atoms with Crippen molar-refractivity contribution in [2.75, 3.05) is 6.54 Å². The van der Waals surface area contributed by atoms with Crippen LogP contribution in [0.15, 0.2) is 28.7 Å². The van der Waals surface area contributed by atoms with Gasteiger partial charge in [-0.05, 0) is 29.7 Å². The third kappa shape index (κ3) is 4.19. The summed E-state index contributed by atoms with van der Waals surface area (Å²) in [7, 11) is 0. The van der Waals surface area contributed by atoms with Crippen molar-refractivity contribution in [2.45, 2.75) is 20.3 Å². The van der Waals surface area contributed by atoms with Crippen molar-refractivity contribution in [3.63, 3.8) is 0 Å². The summed E-state index contributed by atoms with van der Waals surface area (Å²) in [6.45, 7) is 4.23. The zero-order chi connectivity index (χ0) is 12.0. The normalized spacial score (nSPS) is 10.7. The highest BCUT2D eigenvalue weighted by Gasteiger charge is 1.97. The Morgan fingerprint density at radius 1 is 1.50 bits per heavy atom. The Morgan fingerprint density at radius 3 is 2.88 bits per heavy atom. The highest BCUT2D eigenvalue weighted by molar-refractivity contribution is 9.10. The number of halogens is 1. The second-order valence-electron chi connectivity index (χ2n) is 3.54. The molecule has 2 nitrogen and oxygen atoms in total. The summed E-state index contributed by atoms with van der Waals surface area (Å²) in [4.78, 5) is 10.7. The summed E-state index contributed by atoms with van der Waals surface area (Å²) in [6, 6.07) is 6.22. The summed E-state index contributed by atoms with van der Waals surface area (Å²) < 4.78 is 1.10. The molecule has 86 valence electrons. The van der Waals surface area contributed by atoms with Crippen LogP contribution in [-0.2, 0) is 11.2 Å². The Balaban J connectivity index is 2.69. The first-order valence-electron chi connectivity index (χ1n) is 5.33. The second kappa shape index (κ2) is 6.48. The summed E-state index contributed by atoms with van der Waals surface area (Å²) in [5.74, 6) is -0.00355. The number of hydrogen-bond donors (Lipinski definition) is 1. The quantitative estimate of drug-likeness (QED) is 0.903. The van der Waals surface area contributed by atoms with Crippen LogP contribution in [0.25, 0.3) is 6.08 Å². The summed E-state index contributed by atoms with van der Waals surface area (Å²) >= 11 is 3.46. The van der Waals surface area contributed by atoms with Crippen LogP contribution in [0, 0.1) is 0 Å². The fourth-order valence-electron chi connectivity index (χ4n) is 1.43. The Morgan fingerprint density at radius 2 is 2.25 bits per heavy atom. The molecular weight excluding hydrogens is 266 g/mol. The van der Waals surface area contributed by atoms with Gasteiger partial charge in [0.15, 0.2) is 0 Å². The van der Waals surface area contributed by atoms with Crippen molar-refractivity contribution in [1.29, 1.82) is 0 Å². The number of amides is 1. The van der Waals surface area contributed by atoms with Crippen LogP contribution in [0.4, 0.5) is 0 Å². The fraction of sp³-hybridized carbons (Fsp3) is 0.308. The van der Waals surface area contributed by atoms with E-state index in [1.165, 1.54) is 18.1 Å². The number of aryl methyl sites for hydroxylation is 1. The van der Waals surface area contributed by atoms with Gasteiger partial charge in [-0.2, -0.15) is 0 Å². The highest BCUT2D eigenvalue weighted by Crippen LogP contribution is 2.18. The molecule has 0 bridgehead atoms. The van der Waals surface area contributed by atoms with Gasteiger partial charge in [0.25, 0.3) is 0 Å². The van der Waals surface area contributed by atoms with Gasteiger partial charge in [0.1, 0.15) is 0 Å². The first-order chi connectivity index (χ1) is 7.63. The Labute approximate surface area is 105 Å². The van der Waals surface area contributed by atoms with Gasteiger partial charge in [0.2, 0.25) is 5.91 Å². The molecule has 0 atom stereocenters. The van der Waals surface area contributed by atoms with Crippen LogP contribution >= 0.6 is 15.9 Å². The number of hydrogen-bond acceptors (Lipinski definition) is 1.